The maximum absolute atomic E-state index is 2.79. The number of rotatable bonds is 2. The van der Waals surface area contributed by atoms with Crippen molar-refractivity contribution >= 4 is 0 Å². The zero-order chi connectivity index (χ0) is 10.3. The van der Waals surface area contributed by atoms with E-state index in [1.54, 1.807) is 0 Å². The Morgan fingerprint density at radius 2 is 2.00 bits per heavy atom. The fraction of sp³-hybridized carbons (Fsp3) is 1.00. The minimum absolute atomic E-state index is 0.691. The summed E-state index contributed by atoms with van der Waals surface area (Å²) in [7, 11) is 0. The lowest BCUT2D eigenvalue weighted by Gasteiger charge is -2.40. The molecule has 2 aliphatic heterocycles. The molecule has 0 aromatic carbocycles. The quantitative estimate of drug-likeness (QED) is 0.684. The summed E-state index contributed by atoms with van der Waals surface area (Å²) in [6.07, 6.45) is 7.37. The van der Waals surface area contributed by atoms with Gasteiger partial charge in [0.1, 0.15) is 0 Å². The van der Waals surface area contributed by atoms with Gasteiger partial charge in [-0.25, -0.2) is 0 Å². The molecule has 1 spiro atoms. The fourth-order valence-corrected chi connectivity index (χ4v) is 3.63. The molecule has 86 valence electrons. The smallest absolute Gasteiger partial charge is 0.00966 e. The number of likely N-dealkylation sites (tertiary alicyclic amines) is 2. The fourth-order valence-electron chi connectivity index (χ4n) is 3.63. The van der Waals surface area contributed by atoms with E-state index in [0.717, 1.165) is 6.04 Å². The van der Waals surface area contributed by atoms with E-state index in [-0.39, 0.29) is 0 Å². The summed E-state index contributed by atoms with van der Waals surface area (Å²) in [5, 5.41) is 0. The van der Waals surface area contributed by atoms with E-state index in [1.807, 2.05) is 0 Å². The molecule has 1 unspecified atom stereocenters. The van der Waals surface area contributed by atoms with E-state index >= 15 is 0 Å². The average molecular weight is 208 g/mol. The van der Waals surface area contributed by atoms with Gasteiger partial charge in [0.15, 0.2) is 0 Å². The molecule has 0 aromatic rings. The minimum atomic E-state index is 0.691. The monoisotopic (exact) mass is 208 g/mol. The van der Waals surface area contributed by atoms with E-state index < -0.39 is 0 Å². The lowest BCUT2D eigenvalue weighted by atomic mass is 9.79. The Bertz CT molecular complexity index is 237. The van der Waals surface area contributed by atoms with Crippen molar-refractivity contribution < 1.29 is 0 Å². The predicted octanol–water partition coefficient (Wildman–Crippen LogP) is 1.96. The zero-order valence-corrected chi connectivity index (χ0v) is 10.0. The van der Waals surface area contributed by atoms with Crippen LogP contribution in [-0.2, 0) is 0 Å². The molecule has 1 aliphatic carbocycles. The highest BCUT2D eigenvalue weighted by molar-refractivity contribution is 4.98. The van der Waals surface area contributed by atoms with Crippen LogP contribution in [0.4, 0.5) is 0 Å². The molecule has 0 bridgehead atoms. The molecule has 3 fully saturated rings. The van der Waals surface area contributed by atoms with E-state index in [9.17, 15) is 0 Å². The normalized spacial score (nSPS) is 39.0. The van der Waals surface area contributed by atoms with Crippen LogP contribution in [0.25, 0.3) is 0 Å². The van der Waals surface area contributed by atoms with Crippen molar-refractivity contribution in [3.05, 3.63) is 0 Å². The van der Waals surface area contributed by atoms with E-state index in [0.29, 0.717) is 5.41 Å². The third-order valence-corrected chi connectivity index (χ3v) is 4.72. The molecular formula is C13H24N2. The Hall–Kier alpha value is -0.0800. The summed E-state index contributed by atoms with van der Waals surface area (Å²) in [6, 6.07) is 0.984. The second kappa shape index (κ2) is 3.74. The van der Waals surface area contributed by atoms with Crippen molar-refractivity contribution in [2.45, 2.75) is 45.1 Å². The molecule has 0 N–H and O–H groups in total. The Kier molecular flexibility index (Phi) is 2.52. The van der Waals surface area contributed by atoms with Crippen molar-refractivity contribution in [3.63, 3.8) is 0 Å². The van der Waals surface area contributed by atoms with Gasteiger partial charge in [0, 0.05) is 19.1 Å². The summed E-state index contributed by atoms with van der Waals surface area (Å²) >= 11 is 0. The van der Waals surface area contributed by atoms with E-state index in [1.165, 1.54) is 64.8 Å². The second-order valence-corrected chi connectivity index (χ2v) is 5.92. The van der Waals surface area contributed by atoms with Crippen LogP contribution in [0.2, 0.25) is 0 Å². The lowest BCUT2D eigenvalue weighted by Crippen LogP contribution is -2.45. The molecule has 2 nitrogen and oxygen atoms in total. The van der Waals surface area contributed by atoms with Crippen LogP contribution >= 0.6 is 0 Å². The van der Waals surface area contributed by atoms with Gasteiger partial charge in [-0.1, -0.05) is 6.92 Å². The molecule has 0 radical (unpaired) electrons. The molecule has 0 amide bonds. The SMILES string of the molecule is CCN1CCC2(CCCN(C3CC3)C2)C1. The van der Waals surface area contributed by atoms with Gasteiger partial charge >= 0.3 is 0 Å². The molecule has 1 atom stereocenters. The summed E-state index contributed by atoms with van der Waals surface area (Å²) in [5.74, 6) is 0. The van der Waals surface area contributed by atoms with E-state index in [2.05, 4.69) is 16.7 Å². The first kappa shape index (κ1) is 10.1. The Morgan fingerprint density at radius 3 is 2.67 bits per heavy atom. The van der Waals surface area contributed by atoms with Gasteiger partial charge in [-0.2, -0.15) is 0 Å². The molecule has 2 saturated heterocycles. The molecule has 15 heavy (non-hydrogen) atoms. The summed E-state index contributed by atoms with van der Waals surface area (Å²) in [5.41, 5.74) is 0.691. The number of nitrogens with zero attached hydrogens (tertiary/aromatic N) is 2. The first-order chi connectivity index (χ1) is 7.31. The highest BCUT2D eigenvalue weighted by Crippen LogP contribution is 2.42. The number of piperidine rings is 1. The summed E-state index contributed by atoms with van der Waals surface area (Å²) in [4.78, 5) is 5.44. The standard InChI is InChI=1S/C13H24N2/c1-2-14-9-7-13(10-14)6-3-8-15(11-13)12-4-5-12/h12H,2-11H2,1H3. The van der Waals surface area contributed by atoms with Crippen LogP contribution in [0.3, 0.4) is 0 Å². The highest BCUT2D eigenvalue weighted by Gasteiger charge is 2.43. The molecule has 2 heterocycles. The van der Waals surface area contributed by atoms with Gasteiger partial charge in [-0.15, -0.1) is 0 Å². The van der Waals surface area contributed by atoms with Gasteiger partial charge in [-0.3, -0.25) is 4.90 Å². The molecular weight excluding hydrogens is 184 g/mol. The molecule has 1 saturated carbocycles. The minimum Gasteiger partial charge on any atom is -0.303 e. The van der Waals surface area contributed by atoms with Crippen LogP contribution in [0.5, 0.6) is 0 Å². The van der Waals surface area contributed by atoms with Gasteiger partial charge in [0.05, 0.1) is 0 Å². The van der Waals surface area contributed by atoms with Crippen LogP contribution in [0.15, 0.2) is 0 Å². The maximum Gasteiger partial charge on any atom is 0.00966 e. The molecule has 0 aromatic heterocycles. The first-order valence-electron chi connectivity index (χ1n) is 6.78. The number of hydrogen-bond donors (Lipinski definition) is 0. The third-order valence-electron chi connectivity index (χ3n) is 4.72. The van der Waals surface area contributed by atoms with Gasteiger partial charge in [0.25, 0.3) is 0 Å². The lowest BCUT2D eigenvalue weighted by molar-refractivity contribution is 0.0876. The van der Waals surface area contributed by atoms with Crippen molar-refractivity contribution in [2.75, 3.05) is 32.7 Å². The Morgan fingerprint density at radius 1 is 1.13 bits per heavy atom. The topological polar surface area (TPSA) is 6.48 Å². The van der Waals surface area contributed by atoms with Crippen molar-refractivity contribution in [3.8, 4) is 0 Å². The zero-order valence-electron chi connectivity index (χ0n) is 10.0. The summed E-state index contributed by atoms with van der Waals surface area (Å²) in [6.45, 7) is 9.10. The summed E-state index contributed by atoms with van der Waals surface area (Å²) < 4.78 is 0. The number of hydrogen-bond acceptors (Lipinski definition) is 2. The highest BCUT2D eigenvalue weighted by atomic mass is 15.2. The van der Waals surface area contributed by atoms with Crippen LogP contribution in [0.1, 0.15) is 39.0 Å². The molecule has 3 aliphatic rings. The van der Waals surface area contributed by atoms with Crippen LogP contribution < -0.4 is 0 Å². The van der Waals surface area contributed by atoms with Crippen LogP contribution in [0, 0.1) is 5.41 Å². The second-order valence-electron chi connectivity index (χ2n) is 5.92. The van der Waals surface area contributed by atoms with Gasteiger partial charge < -0.3 is 4.90 Å². The Labute approximate surface area is 93.6 Å². The van der Waals surface area contributed by atoms with Crippen molar-refractivity contribution in [1.82, 2.24) is 9.80 Å². The van der Waals surface area contributed by atoms with E-state index in [4.69, 9.17) is 0 Å². The van der Waals surface area contributed by atoms with Crippen LogP contribution in [-0.4, -0.2) is 48.6 Å². The molecule has 2 heteroatoms. The van der Waals surface area contributed by atoms with Gasteiger partial charge in [0.2, 0.25) is 0 Å². The van der Waals surface area contributed by atoms with Gasteiger partial charge in [-0.05, 0) is 57.2 Å². The van der Waals surface area contributed by atoms with Crippen molar-refractivity contribution in [1.29, 1.82) is 0 Å². The predicted molar refractivity (Wildman–Crippen MR) is 63.0 cm³/mol. The average Bonchev–Trinajstić information content (AvgIpc) is 3.04. The largest absolute Gasteiger partial charge is 0.303 e. The first-order valence-corrected chi connectivity index (χ1v) is 6.78. The third kappa shape index (κ3) is 1.94. The Balaban J connectivity index is 1.64. The molecule has 3 rings (SSSR count). The maximum atomic E-state index is 2.79. The van der Waals surface area contributed by atoms with Crippen molar-refractivity contribution in [2.24, 2.45) is 5.41 Å².